The van der Waals surface area contributed by atoms with E-state index >= 15 is 0 Å². The van der Waals surface area contributed by atoms with Crippen LogP contribution in [0.25, 0.3) is 0 Å². The van der Waals surface area contributed by atoms with Crippen LogP contribution in [-0.2, 0) is 9.59 Å². The summed E-state index contributed by atoms with van der Waals surface area (Å²) in [7, 11) is 0. The van der Waals surface area contributed by atoms with Gasteiger partial charge in [-0.2, -0.15) is 0 Å². The molecular formula is C12H19O4. The van der Waals surface area contributed by atoms with E-state index in [4.69, 9.17) is 10.2 Å². The van der Waals surface area contributed by atoms with Crippen LogP contribution in [0.5, 0.6) is 0 Å². The van der Waals surface area contributed by atoms with E-state index in [0.29, 0.717) is 0 Å². The zero-order valence-corrected chi connectivity index (χ0v) is 9.72. The number of carboxylic acid groups (broad SMARTS) is 2. The van der Waals surface area contributed by atoms with Gasteiger partial charge in [0.05, 0.1) is 11.8 Å². The molecule has 4 unspecified atom stereocenters. The lowest BCUT2D eigenvalue weighted by Gasteiger charge is -2.36. The summed E-state index contributed by atoms with van der Waals surface area (Å²) in [6, 6.07) is 0. The SMILES string of the molecule is CC(C(=O)O)C1C[CH]CCC1C(C)C(=O)O. The molecule has 0 aromatic carbocycles. The van der Waals surface area contributed by atoms with E-state index in [1.807, 2.05) is 0 Å². The molecule has 1 radical (unpaired) electrons. The Labute approximate surface area is 95.7 Å². The topological polar surface area (TPSA) is 74.6 Å². The van der Waals surface area contributed by atoms with Crippen molar-refractivity contribution in [3.63, 3.8) is 0 Å². The molecule has 4 nitrogen and oxygen atoms in total. The largest absolute Gasteiger partial charge is 0.481 e. The average Bonchev–Trinajstić information content (AvgIpc) is 2.26. The molecule has 0 spiro atoms. The number of aliphatic carboxylic acids is 2. The van der Waals surface area contributed by atoms with E-state index in [1.54, 1.807) is 13.8 Å². The molecule has 91 valence electrons. The smallest absolute Gasteiger partial charge is 0.306 e. The molecule has 1 fully saturated rings. The summed E-state index contributed by atoms with van der Waals surface area (Å²) in [5, 5.41) is 18.0. The third kappa shape index (κ3) is 2.74. The van der Waals surface area contributed by atoms with Crippen LogP contribution in [0.1, 0.15) is 33.1 Å². The summed E-state index contributed by atoms with van der Waals surface area (Å²) in [5.74, 6) is -2.65. The van der Waals surface area contributed by atoms with Crippen molar-refractivity contribution in [1.82, 2.24) is 0 Å². The average molecular weight is 227 g/mol. The van der Waals surface area contributed by atoms with Crippen LogP contribution >= 0.6 is 0 Å². The van der Waals surface area contributed by atoms with E-state index < -0.39 is 23.8 Å². The Morgan fingerprint density at radius 2 is 1.62 bits per heavy atom. The maximum absolute atomic E-state index is 11.0. The van der Waals surface area contributed by atoms with Crippen molar-refractivity contribution in [3.05, 3.63) is 6.42 Å². The highest BCUT2D eigenvalue weighted by Gasteiger charge is 2.38. The fraction of sp³-hybridized carbons (Fsp3) is 0.750. The van der Waals surface area contributed by atoms with Crippen LogP contribution in [0, 0.1) is 30.1 Å². The van der Waals surface area contributed by atoms with Gasteiger partial charge in [-0.15, -0.1) is 0 Å². The van der Waals surface area contributed by atoms with Gasteiger partial charge in [0, 0.05) is 0 Å². The van der Waals surface area contributed by atoms with Gasteiger partial charge in [-0.3, -0.25) is 9.59 Å². The van der Waals surface area contributed by atoms with Crippen LogP contribution in [0.3, 0.4) is 0 Å². The van der Waals surface area contributed by atoms with Gasteiger partial charge in [0.2, 0.25) is 0 Å². The number of carboxylic acids is 2. The van der Waals surface area contributed by atoms with Crippen molar-refractivity contribution in [3.8, 4) is 0 Å². The maximum Gasteiger partial charge on any atom is 0.306 e. The zero-order chi connectivity index (χ0) is 12.3. The van der Waals surface area contributed by atoms with Gasteiger partial charge >= 0.3 is 11.9 Å². The lowest BCUT2D eigenvalue weighted by Crippen LogP contribution is -2.36. The van der Waals surface area contributed by atoms with Crippen LogP contribution in [-0.4, -0.2) is 22.2 Å². The molecule has 2 N–H and O–H groups in total. The minimum Gasteiger partial charge on any atom is -0.481 e. The maximum atomic E-state index is 11.0. The van der Waals surface area contributed by atoms with Gasteiger partial charge in [-0.25, -0.2) is 0 Å². The normalized spacial score (nSPS) is 29.4. The number of hydrogen-bond acceptors (Lipinski definition) is 2. The molecule has 4 heteroatoms. The first-order valence-electron chi connectivity index (χ1n) is 5.72. The fourth-order valence-electron chi connectivity index (χ4n) is 2.57. The van der Waals surface area contributed by atoms with E-state index in [1.165, 1.54) is 0 Å². The Bertz CT molecular complexity index is 246. The molecule has 16 heavy (non-hydrogen) atoms. The highest BCUT2D eigenvalue weighted by molar-refractivity contribution is 5.71. The van der Waals surface area contributed by atoms with Crippen molar-refractivity contribution >= 4 is 11.9 Å². The third-order valence-electron chi connectivity index (χ3n) is 3.76. The van der Waals surface area contributed by atoms with Crippen LogP contribution in [0.2, 0.25) is 0 Å². The van der Waals surface area contributed by atoms with Crippen molar-refractivity contribution < 1.29 is 19.8 Å². The van der Waals surface area contributed by atoms with Crippen molar-refractivity contribution in [2.24, 2.45) is 23.7 Å². The van der Waals surface area contributed by atoms with Gasteiger partial charge in [0.15, 0.2) is 0 Å². The Morgan fingerprint density at radius 1 is 1.12 bits per heavy atom. The summed E-state index contributed by atoms with van der Waals surface area (Å²) in [4.78, 5) is 22.0. The van der Waals surface area contributed by atoms with Crippen molar-refractivity contribution in [2.75, 3.05) is 0 Å². The van der Waals surface area contributed by atoms with E-state index in [9.17, 15) is 9.59 Å². The number of hydrogen-bond donors (Lipinski definition) is 2. The Morgan fingerprint density at radius 3 is 2.12 bits per heavy atom. The number of rotatable bonds is 4. The molecule has 0 saturated heterocycles. The van der Waals surface area contributed by atoms with Crippen LogP contribution < -0.4 is 0 Å². The summed E-state index contributed by atoms with van der Waals surface area (Å²) < 4.78 is 0. The first kappa shape index (κ1) is 13.0. The van der Waals surface area contributed by atoms with E-state index in [-0.39, 0.29) is 11.8 Å². The minimum atomic E-state index is -0.831. The first-order valence-corrected chi connectivity index (χ1v) is 5.72. The summed E-state index contributed by atoms with van der Waals surface area (Å²) in [5.41, 5.74) is 0. The standard InChI is InChI=1S/C12H19O4/c1-7(11(13)14)9-5-3-4-6-10(9)8(2)12(15)16/h3,7-10H,4-6H2,1-2H3,(H,13,14)(H,15,16). The predicted octanol–water partition coefficient (Wildman–Crippen LogP) is 2.05. The van der Waals surface area contributed by atoms with E-state index in [2.05, 4.69) is 6.42 Å². The second-order valence-corrected chi connectivity index (χ2v) is 4.68. The predicted molar refractivity (Wildman–Crippen MR) is 58.7 cm³/mol. The highest BCUT2D eigenvalue weighted by Crippen LogP contribution is 2.39. The molecule has 0 bridgehead atoms. The first-order chi connectivity index (χ1) is 7.45. The second kappa shape index (κ2) is 5.32. The van der Waals surface area contributed by atoms with Crippen molar-refractivity contribution in [2.45, 2.75) is 33.1 Å². The van der Waals surface area contributed by atoms with Gasteiger partial charge in [-0.1, -0.05) is 13.8 Å². The lowest BCUT2D eigenvalue weighted by molar-refractivity contribution is -0.149. The highest BCUT2D eigenvalue weighted by atomic mass is 16.4. The number of carbonyl (C=O) groups is 2. The minimum absolute atomic E-state index is 0.0198. The summed E-state index contributed by atoms with van der Waals surface area (Å²) >= 11 is 0. The lowest BCUT2D eigenvalue weighted by atomic mass is 9.68. The molecule has 0 aliphatic heterocycles. The molecular weight excluding hydrogens is 208 g/mol. The molecule has 0 amide bonds. The van der Waals surface area contributed by atoms with Crippen molar-refractivity contribution in [1.29, 1.82) is 0 Å². The van der Waals surface area contributed by atoms with Crippen LogP contribution in [0.15, 0.2) is 0 Å². The molecule has 0 aromatic heterocycles. The molecule has 1 rings (SSSR count). The quantitative estimate of drug-likeness (QED) is 0.770. The Balaban J connectivity index is 2.78. The molecule has 1 aliphatic rings. The third-order valence-corrected chi connectivity index (χ3v) is 3.76. The van der Waals surface area contributed by atoms with E-state index in [0.717, 1.165) is 19.3 Å². The Hall–Kier alpha value is -1.06. The molecule has 1 saturated carbocycles. The van der Waals surface area contributed by atoms with Crippen LogP contribution in [0.4, 0.5) is 0 Å². The molecule has 0 aromatic rings. The Kier molecular flexibility index (Phi) is 4.33. The van der Waals surface area contributed by atoms with Gasteiger partial charge in [0.25, 0.3) is 0 Å². The fourth-order valence-corrected chi connectivity index (χ4v) is 2.57. The van der Waals surface area contributed by atoms with Gasteiger partial charge in [-0.05, 0) is 37.5 Å². The molecule has 4 atom stereocenters. The van der Waals surface area contributed by atoms with Gasteiger partial charge < -0.3 is 10.2 Å². The summed E-state index contributed by atoms with van der Waals surface area (Å²) in [6.45, 7) is 3.35. The summed E-state index contributed by atoms with van der Waals surface area (Å²) in [6.07, 6.45) is 4.48. The second-order valence-electron chi connectivity index (χ2n) is 4.68. The molecule has 0 heterocycles. The zero-order valence-electron chi connectivity index (χ0n) is 9.72. The molecule has 1 aliphatic carbocycles. The monoisotopic (exact) mass is 227 g/mol. The van der Waals surface area contributed by atoms with Gasteiger partial charge in [0.1, 0.15) is 0 Å².